The van der Waals surface area contributed by atoms with Crippen LogP contribution in [0.15, 0.2) is 105 Å². The predicted molar refractivity (Wildman–Crippen MR) is 143 cm³/mol. The van der Waals surface area contributed by atoms with Crippen LogP contribution in [-0.2, 0) is 6.54 Å². The molecule has 2 aromatic heterocycles. The van der Waals surface area contributed by atoms with Gasteiger partial charge < -0.3 is 14.6 Å². The van der Waals surface area contributed by atoms with Crippen LogP contribution in [0.2, 0.25) is 0 Å². The van der Waals surface area contributed by atoms with Gasteiger partial charge in [0.2, 0.25) is 0 Å². The van der Waals surface area contributed by atoms with Crippen molar-refractivity contribution in [3.05, 3.63) is 123 Å². The van der Waals surface area contributed by atoms with Crippen LogP contribution >= 0.6 is 15.9 Å². The van der Waals surface area contributed by atoms with Crippen LogP contribution < -0.4 is 10.9 Å². The predicted octanol–water partition coefficient (Wildman–Crippen LogP) is 6.68. The molecule has 9 heteroatoms. The number of carbonyl (C=O) groups is 1. The Kier molecular flexibility index (Phi) is 6.87. The molecule has 1 N–H and O–H groups in total. The van der Waals surface area contributed by atoms with Crippen molar-refractivity contribution in [2.75, 3.05) is 5.32 Å². The van der Waals surface area contributed by atoms with Crippen molar-refractivity contribution in [3.63, 3.8) is 0 Å². The molecule has 186 valence electrons. The molecule has 5 rings (SSSR count). The number of hydrogen-bond acceptors (Lipinski definition) is 4. The summed E-state index contributed by atoms with van der Waals surface area (Å²) in [6.45, 7) is 1.92. The van der Waals surface area contributed by atoms with Gasteiger partial charge in [0.1, 0.15) is 17.4 Å². The number of benzene rings is 3. The van der Waals surface area contributed by atoms with Gasteiger partial charge in [-0.2, -0.15) is 0 Å². The van der Waals surface area contributed by atoms with E-state index in [2.05, 4.69) is 21.2 Å². The number of hydrogen-bond donors (Lipinski definition) is 1. The molecule has 0 radical (unpaired) electrons. The highest BCUT2D eigenvalue weighted by atomic mass is 79.9. The third-order valence-corrected chi connectivity index (χ3v) is 6.52. The number of carbonyl (C=O) groups excluding carboxylic acids is 1. The number of aromatic nitrogens is 2. The molecule has 1 atom stereocenters. The fourth-order valence-electron chi connectivity index (χ4n) is 4.09. The van der Waals surface area contributed by atoms with Crippen molar-refractivity contribution in [1.29, 1.82) is 0 Å². The third-order valence-electron chi connectivity index (χ3n) is 5.99. The molecule has 0 saturated heterocycles. The summed E-state index contributed by atoms with van der Waals surface area (Å²) >= 11 is 3.40. The highest BCUT2D eigenvalue weighted by Gasteiger charge is 2.28. The van der Waals surface area contributed by atoms with Gasteiger partial charge in [0.15, 0.2) is 0 Å². The lowest BCUT2D eigenvalue weighted by Crippen LogP contribution is -2.39. The number of halogens is 2. The van der Waals surface area contributed by atoms with E-state index >= 15 is 0 Å². The van der Waals surface area contributed by atoms with Crippen LogP contribution in [0.3, 0.4) is 0 Å². The number of nitrogens with zero attached hydrogens (tertiary/aromatic N) is 3. The van der Waals surface area contributed by atoms with E-state index in [9.17, 15) is 14.0 Å². The van der Waals surface area contributed by atoms with E-state index in [1.54, 1.807) is 55.5 Å². The quantitative estimate of drug-likeness (QED) is 0.251. The molecule has 3 aromatic carbocycles. The van der Waals surface area contributed by atoms with Gasteiger partial charge in [-0.15, -0.1) is 0 Å². The van der Waals surface area contributed by atoms with Crippen LogP contribution in [0.25, 0.3) is 16.6 Å². The number of rotatable bonds is 6. The van der Waals surface area contributed by atoms with Gasteiger partial charge in [-0.05, 0) is 79.7 Å². The summed E-state index contributed by atoms with van der Waals surface area (Å²) in [6.07, 6.45) is 1.54. The van der Waals surface area contributed by atoms with Gasteiger partial charge in [0, 0.05) is 10.2 Å². The minimum absolute atomic E-state index is 0.128. The minimum atomic E-state index is -0.678. The first kappa shape index (κ1) is 24.5. The zero-order valence-corrected chi connectivity index (χ0v) is 21.4. The molecule has 0 saturated carbocycles. The first-order valence-corrected chi connectivity index (χ1v) is 12.3. The number of fused-ring (bicyclic) bond motifs is 1. The Morgan fingerprint density at radius 1 is 1.05 bits per heavy atom. The van der Waals surface area contributed by atoms with Gasteiger partial charge in [-0.1, -0.05) is 28.1 Å². The van der Waals surface area contributed by atoms with Crippen molar-refractivity contribution in [3.8, 4) is 5.69 Å². The third kappa shape index (κ3) is 5.17. The van der Waals surface area contributed by atoms with Crippen LogP contribution in [0, 0.1) is 5.82 Å². The second-order valence-electron chi connectivity index (χ2n) is 8.42. The largest absolute Gasteiger partial charge is 0.467 e. The summed E-state index contributed by atoms with van der Waals surface area (Å²) in [6, 6.07) is 22.2. The highest BCUT2D eigenvalue weighted by molar-refractivity contribution is 9.10. The fourth-order valence-corrected chi connectivity index (χ4v) is 4.36. The maximum Gasteiger partial charge on any atom is 0.322 e. The lowest BCUT2D eigenvalue weighted by Gasteiger charge is -2.30. The highest BCUT2D eigenvalue weighted by Crippen LogP contribution is 2.26. The van der Waals surface area contributed by atoms with Crippen molar-refractivity contribution in [1.82, 2.24) is 14.5 Å². The van der Waals surface area contributed by atoms with E-state index in [1.807, 2.05) is 12.1 Å². The van der Waals surface area contributed by atoms with E-state index in [0.29, 0.717) is 33.9 Å². The van der Waals surface area contributed by atoms with Gasteiger partial charge in [-0.3, -0.25) is 9.36 Å². The number of amides is 2. The van der Waals surface area contributed by atoms with Crippen LogP contribution in [-0.4, -0.2) is 20.5 Å². The van der Waals surface area contributed by atoms with Gasteiger partial charge in [0.25, 0.3) is 5.56 Å². The van der Waals surface area contributed by atoms with Crippen LogP contribution in [0.4, 0.5) is 14.9 Å². The number of para-hydroxylation sites is 1. The molecular formula is C28H22BrFN4O3. The Bertz CT molecular complexity index is 1600. The van der Waals surface area contributed by atoms with Gasteiger partial charge in [-0.25, -0.2) is 14.2 Å². The van der Waals surface area contributed by atoms with E-state index < -0.39 is 17.9 Å². The second-order valence-corrected chi connectivity index (χ2v) is 9.34. The summed E-state index contributed by atoms with van der Waals surface area (Å²) in [5.41, 5.74) is 1.23. The van der Waals surface area contributed by atoms with Gasteiger partial charge >= 0.3 is 6.03 Å². The zero-order chi connectivity index (χ0) is 25.9. The molecule has 2 heterocycles. The molecule has 0 bridgehead atoms. The van der Waals surface area contributed by atoms with E-state index in [-0.39, 0.29) is 12.1 Å². The molecule has 0 fully saturated rings. The number of urea groups is 1. The Morgan fingerprint density at radius 2 is 1.78 bits per heavy atom. The molecule has 0 aliphatic heterocycles. The molecule has 5 aromatic rings. The summed E-state index contributed by atoms with van der Waals surface area (Å²) in [4.78, 5) is 33.6. The van der Waals surface area contributed by atoms with Crippen molar-refractivity contribution >= 4 is 38.6 Å². The average molecular weight is 561 g/mol. The molecular weight excluding hydrogens is 539 g/mol. The summed E-state index contributed by atoms with van der Waals surface area (Å²) in [5, 5.41) is 3.33. The Labute approximate surface area is 220 Å². The van der Waals surface area contributed by atoms with E-state index in [4.69, 9.17) is 9.40 Å². The SMILES string of the molecule is CC(c1nc2ccccc2c(=O)n1-c1ccc(F)cc1)N(Cc1ccco1)C(=O)Nc1ccc(Br)cc1. The van der Waals surface area contributed by atoms with Crippen molar-refractivity contribution in [2.24, 2.45) is 0 Å². The molecule has 2 amide bonds. The van der Waals surface area contributed by atoms with E-state index in [0.717, 1.165) is 4.47 Å². The maximum atomic E-state index is 13.7. The minimum Gasteiger partial charge on any atom is -0.467 e. The van der Waals surface area contributed by atoms with Crippen LogP contribution in [0.1, 0.15) is 24.6 Å². The molecule has 1 unspecified atom stereocenters. The summed E-state index contributed by atoms with van der Waals surface area (Å²) in [7, 11) is 0. The van der Waals surface area contributed by atoms with E-state index in [1.165, 1.54) is 40.0 Å². The molecule has 7 nitrogen and oxygen atoms in total. The standard InChI is InChI=1S/C28H22BrFN4O3/c1-18(33(17-23-5-4-16-37-23)28(36)31-21-12-8-19(29)9-13-21)26-32-25-7-3-2-6-24(25)27(35)34(26)22-14-10-20(30)11-15-22/h2-16,18H,17H2,1H3,(H,31,36). The first-order chi connectivity index (χ1) is 17.9. The molecule has 0 spiro atoms. The normalized spacial score (nSPS) is 11.9. The Balaban J connectivity index is 1.63. The summed E-state index contributed by atoms with van der Waals surface area (Å²) < 4.78 is 21.6. The number of furan rings is 1. The second kappa shape index (κ2) is 10.4. The Morgan fingerprint density at radius 3 is 2.49 bits per heavy atom. The number of nitrogens with one attached hydrogen (secondary N) is 1. The van der Waals surface area contributed by atoms with Crippen molar-refractivity contribution < 1.29 is 13.6 Å². The topological polar surface area (TPSA) is 80.4 Å². The Hall–Kier alpha value is -4.24. The maximum absolute atomic E-state index is 13.7. The zero-order valence-electron chi connectivity index (χ0n) is 19.8. The molecule has 0 aliphatic rings. The smallest absolute Gasteiger partial charge is 0.322 e. The lowest BCUT2D eigenvalue weighted by atomic mass is 10.1. The first-order valence-electron chi connectivity index (χ1n) is 11.5. The number of anilines is 1. The lowest BCUT2D eigenvalue weighted by molar-refractivity contribution is 0.179. The average Bonchev–Trinajstić information content (AvgIpc) is 3.42. The summed E-state index contributed by atoms with van der Waals surface area (Å²) in [5.74, 6) is 0.468. The van der Waals surface area contributed by atoms with Gasteiger partial charge in [0.05, 0.1) is 35.4 Å². The van der Waals surface area contributed by atoms with Crippen molar-refractivity contribution in [2.45, 2.75) is 19.5 Å². The monoisotopic (exact) mass is 560 g/mol. The van der Waals surface area contributed by atoms with Crippen LogP contribution in [0.5, 0.6) is 0 Å². The fraction of sp³-hybridized carbons (Fsp3) is 0.107. The molecule has 0 aliphatic carbocycles. The molecule has 37 heavy (non-hydrogen) atoms.